The van der Waals surface area contributed by atoms with E-state index in [0.29, 0.717) is 25.3 Å². The summed E-state index contributed by atoms with van der Waals surface area (Å²) in [7, 11) is -3.56. The Hall–Kier alpha value is -1.44. The Morgan fingerprint density at radius 1 is 1.38 bits per heavy atom. The molecular weight excluding hydrogens is 294 g/mol. The van der Waals surface area contributed by atoms with Gasteiger partial charge in [0.05, 0.1) is 30.3 Å². The van der Waals surface area contributed by atoms with Crippen molar-refractivity contribution >= 4 is 16.0 Å². The van der Waals surface area contributed by atoms with Crippen molar-refractivity contribution in [3.8, 4) is 0 Å². The molecule has 7 heteroatoms. The quantitative estimate of drug-likeness (QED) is 0.783. The van der Waals surface area contributed by atoms with Gasteiger partial charge in [0.15, 0.2) is 0 Å². The highest BCUT2D eigenvalue weighted by molar-refractivity contribution is 7.89. The van der Waals surface area contributed by atoms with Gasteiger partial charge in [-0.05, 0) is 38.1 Å². The van der Waals surface area contributed by atoms with Crippen LogP contribution in [0, 0.1) is 0 Å². The van der Waals surface area contributed by atoms with E-state index in [0.717, 1.165) is 0 Å². The molecule has 0 N–H and O–H groups in total. The van der Waals surface area contributed by atoms with Crippen LogP contribution < -0.4 is 0 Å². The first-order valence-corrected chi connectivity index (χ1v) is 8.27. The Bertz CT molecular complexity index is 596. The molecule has 0 aliphatic carbocycles. The first kappa shape index (κ1) is 15.9. The van der Waals surface area contributed by atoms with E-state index in [1.165, 1.54) is 28.6 Å². The summed E-state index contributed by atoms with van der Waals surface area (Å²) in [6, 6.07) is 5.60. The van der Waals surface area contributed by atoms with Gasteiger partial charge in [0, 0.05) is 12.6 Å². The van der Waals surface area contributed by atoms with Crippen molar-refractivity contribution in [3.63, 3.8) is 0 Å². The van der Waals surface area contributed by atoms with E-state index >= 15 is 0 Å². The van der Waals surface area contributed by atoms with Crippen LogP contribution in [-0.2, 0) is 19.5 Å². The number of hydrogen-bond donors (Lipinski definition) is 0. The van der Waals surface area contributed by atoms with Gasteiger partial charge >= 0.3 is 5.97 Å². The number of benzene rings is 1. The second-order valence-electron chi connectivity index (χ2n) is 4.78. The lowest BCUT2D eigenvalue weighted by atomic mass is 10.2. The lowest BCUT2D eigenvalue weighted by molar-refractivity contribution is 0.0392. The molecule has 0 unspecified atom stereocenters. The highest BCUT2D eigenvalue weighted by atomic mass is 32.2. The van der Waals surface area contributed by atoms with E-state index in [-0.39, 0.29) is 17.5 Å². The number of rotatable bonds is 4. The van der Waals surface area contributed by atoms with Gasteiger partial charge in [-0.15, -0.1) is 0 Å². The maximum atomic E-state index is 12.6. The topological polar surface area (TPSA) is 72.9 Å². The molecule has 2 rings (SSSR count). The van der Waals surface area contributed by atoms with Crippen LogP contribution in [0.1, 0.15) is 24.2 Å². The molecule has 1 saturated heterocycles. The molecule has 0 aromatic heterocycles. The molecule has 1 fully saturated rings. The van der Waals surface area contributed by atoms with Gasteiger partial charge in [-0.25, -0.2) is 13.2 Å². The van der Waals surface area contributed by atoms with Crippen molar-refractivity contribution < 1.29 is 22.7 Å². The first-order valence-electron chi connectivity index (χ1n) is 6.83. The zero-order valence-electron chi connectivity index (χ0n) is 12.1. The summed E-state index contributed by atoms with van der Waals surface area (Å²) in [5.74, 6) is -0.457. The van der Waals surface area contributed by atoms with Crippen LogP contribution in [0.25, 0.3) is 0 Å². The molecule has 0 spiro atoms. The van der Waals surface area contributed by atoms with Gasteiger partial charge in [0.25, 0.3) is 0 Å². The van der Waals surface area contributed by atoms with Gasteiger partial charge < -0.3 is 9.47 Å². The molecule has 1 heterocycles. The maximum Gasteiger partial charge on any atom is 0.338 e. The maximum absolute atomic E-state index is 12.6. The number of ether oxygens (including phenoxy) is 2. The van der Waals surface area contributed by atoms with E-state index in [9.17, 15) is 13.2 Å². The Morgan fingerprint density at radius 2 is 2.05 bits per heavy atom. The lowest BCUT2D eigenvalue weighted by Gasteiger charge is -2.32. The van der Waals surface area contributed by atoms with Crippen LogP contribution in [0.4, 0.5) is 0 Å². The van der Waals surface area contributed by atoms with Crippen molar-refractivity contribution in [2.24, 2.45) is 0 Å². The van der Waals surface area contributed by atoms with Crippen LogP contribution in [-0.4, -0.2) is 51.1 Å². The van der Waals surface area contributed by atoms with Gasteiger partial charge in [-0.2, -0.15) is 4.31 Å². The Morgan fingerprint density at radius 3 is 2.62 bits per heavy atom. The predicted molar refractivity (Wildman–Crippen MR) is 76.6 cm³/mol. The number of esters is 1. The summed E-state index contributed by atoms with van der Waals surface area (Å²) < 4.78 is 36.7. The summed E-state index contributed by atoms with van der Waals surface area (Å²) in [6.07, 6.45) is 0. The molecule has 0 saturated carbocycles. The normalized spacial score (nSPS) is 20.2. The average Bonchev–Trinajstić information content (AvgIpc) is 2.48. The van der Waals surface area contributed by atoms with Crippen molar-refractivity contribution in [2.45, 2.75) is 24.8 Å². The summed E-state index contributed by atoms with van der Waals surface area (Å²) in [4.78, 5) is 11.7. The number of hydrogen-bond acceptors (Lipinski definition) is 5. The molecule has 1 aliphatic heterocycles. The van der Waals surface area contributed by atoms with Crippen LogP contribution >= 0.6 is 0 Å². The minimum Gasteiger partial charge on any atom is -0.462 e. The van der Waals surface area contributed by atoms with Gasteiger partial charge in [0.2, 0.25) is 10.0 Å². The average molecular weight is 313 g/mol. The fourth-order valence-electron chi connectivity index (χ4n) is 2.18. The Labute approximate surface area is 124 Å². The Balaban J connectivity index is 2.22. The molecule has 1 atom stereocenters. The molecule has 21 heavy (non-hydrogen) atoms. The largest absolute Gasteiger partial charge is 0.462 e. The molecular formula is C14H19NO5S. The Kier molecular flexibility index (Phi) is 4.97. The van der Waals surface area contributed by atoms with Crippen LogP contribution in [0.3, 0.4) is 0 Å². The molecule has 1 aromatic carbocycles. The molecule has 0 bridgehead atoms. The number of nitrogens with zero attached hydrogens (tertiary/aromatic N) is 1. The monoisotopic (exact) mass is 313 g/mol. The molecule has 0 amide bonds. The number of carbonyl (C=O) groups excluding carboxylic acids is 1. The van der Waals surface area contributed by atoms with Crippen LogP contribution in [0.15, 0.2) is 29.2 Å². The molecule has 0 radical (unpaired) electrons. The van der Waals surface area contributed by atoms with E-state index in [2.05, 4.69) is 0 Å². The second-order valence-corrected chi connectivity index (χ2v) is 6.68. The third-order valence-electron chi connectivity index (χ3n) is 3.28. The molecule has 1 aliphatic rings. The van der Waals surface area contributed by atoms with E-state index < -0.39 is 16.0 Å². The SMILES string of the molecule is CCOC(=O)c1ccc(S(=O)(=O)N2CCOC[C@@H]2C)cc1. The molecule has 116 valence electrons. The fraction of sp³-hybridized carbons (Fsp3) is 0.500. The van der Waals surface area contributed by atoms with Gasteiger partial charge in [0.1, 0.15) is 0 Å². The minimum absolute atomic E-state index is 0.171. The summed E-state index contributed by atoms with van der Waals surface area (Å²) in [5, 5.41) is 0. The zero-order chi connectivity index (χ0) is 15.5. The number of carbonyl (C=O) groups is 1. The van der Waals surface area contributed by atoms with Crippen molar-refractivity contribution in [1.82, 2.24) is 4.31 Å². The second kappa shape index (κ2) is 6.55. The zero-order valence-corrected chi connectivity index (χ0v) is 12.9. The number of sulfonamides is 1. The summed E-state index contributed by atoms with van der Waals surface area (Å²) in [5.41, 5.74) is 0.339. The summed E-state index contributed by atoms with van der Waals surface area (Å²) in [6.45, 7) is 4.93. The highest BCUT2D eigenvalue weighted by Gasteiger charge is 2.31. The predicted octanol–water partition coefficient (Wildman–Crippen LogP) is 1.27. The molecule has 1 aromatic rings. The van der Waals surface area contributed by atoms with E-state index in [1.807, 2.05) is 6.92 Å². The van der Waals surface area contributed by atoms with Crippen molar-refractivity contribution in [1.29, 1.82) is 0 Å². The van der Waals surface area contributed by atoms with Crippen LogP contribution in [0.2, 0.25) is 0 Å². The van der Waals surface area contributed by atoms with E-state index in [4.69, 9.17) is 9.47 Å². The third kappa shape index (κ3) is 3.42. The van der Waals surface area contributed by atoms with Crippen molar-refractivity contribution in [3.05, 3.63) is 29.8 Å². The summed E-state index contributed by atoms with van der Waals surface area (Å²) >= 11 is 0. The van der Waals surface area contributed by atoms with Gasteiger partial charge in [-0.3, -0.25) is 0 Å². The van der Waals surface area contributed by atoms with Gasteiger partial charge in [-0.1, -0.05) is 0 Å². The molecule has 6 nitrogen and oxygen atoms in total. The fourth-order valence-corrected chi connectivity index (χ4v) is 3.78. The smallest absolute Gasteiger partial charge is 0.338 e. The first-order chi connectivity index (χ1) is 9.96. The van der Waals surface area contributed by atoms with Crippen LogP contribution in [0.5, 0.6) is 0 Å². The minimum atomic E-state index is -3.56. The van der Waals surface area contributed by atoms with E-state index in [1.54, 1.807) is 6.92 Å². The third-order valence-corrected chi connectivity index (χ3v) is 5.31. The standard InChI is InChI=1S/C14H19NO5S/c1-3-20-14(16)12-4-6-13(7-5-12)21(17,18)15-8-9-19-10-11(15)2/h4-7,11H,3,8-10H2,1-2H3/t11-/m0/s1. The highest BCUT2D eigenvalue weighted by Crippen LogP contribution is 2.21. The lowest BCUT2D eigenvalue weighted by Crippen LogP contribution is -2.46. The number of morpholine rings is 1. The van der Waals surface area contributed by atoms with Crippen molar-refractivity contribution in [2.75, 3.05) is 26.4 Å².